The first kappa shape index (κ1) is 30.3. The SMILES string of the molecule is C(#Cc1ccc(-c2nc3ccccc3nc2-c2ccc(C#Cc3ccc(-c4ccccc4)cc3)cc2)cc1)c1ccc(-c2ccccc2)cc1. The molecule has 0 atom stereocenters. The second kappa shape index (κ2) is 14.0. The first-order chi connectivity index (χ1) is 24.7. The first-order valence-corrected chi connectivity index (χ1v) is 16.6. The molecule has 8 aromatic rings. The molecular weight excluding hydrogens is 605 g/mol. The number of fused-ring (bicyclic) bond motifs is 1. The number of hydrogen-bond donors (Lipinski definition) is 0. The molecular formula is C48H30N2. The van der Waals surface area contributed by atoms with Gasteiger partial charge in [0.25, 0.3) is 0 Å². The van der Waals surface area contributed by atoms with Gasteiger partial charge in [0.05, 0.1) is 22.4 Å². The summed E-state index contributed by atoms with van der Waals surface area (Å²) in [6.07, 6.45) is 0. The van der Waals surface area contributed by atoms with Crippen molar-refractivity contribution in [3.63, 3.8) is 0 Å². The van der Waals surface area contributed by atoms with E-state index in [0.717, 1.165) is 55.8 Å². The minimum atomic E-state index is 0.831. The number of rotatable bonds is 4. The number of benzene rings is 7. The first-order valence-electron chi connectivity index (χ1n) is 16.6. The predicted molar refractivity (Wildman–Crippen MR) is 206 cm³/mol. The molecule has 0 aliphatic heterocycles. The van der Waals surface area contributed by atoms with E-state index in [1.165, 1.54) is 22.3 Å². The Morgan fingerprint density at radius 1 is 0.240 bits per heavy atom. The molecule has 1 aromatic heterocycles. The number of nitrogens with zero attached hydrogens (tertiary/aromatic N) is 2. The van der Waals surface area contributed by atoms with Crippen molar-refractivity contribution >= 4 is 11.0 Å². The van der Waals surface area contributed by atoms with E-state index in [9.17, 15) is 0 Å². The third kappa shape index (κ3) is 6.83. The molecule has 50 heavy (non-hydrogen) atoms. The molecule has 0 radical (unpaired) electrons. The third-order valence-corrected chi connectivity index (χ3v) is 8.57. The van der Waals surface area contributed by atoms with Crippen LogP contribution in [0.15, 0.2) is 182 Å². The monoisotopic (exact) mass is 634 g/mol. The van der Waals surface area contributed by atoms with Crippen LogP contribution in [0.4, 0.5) is 0 Å². The molecule has 0 saturated heterocycles. The van der Waals surface area contributed by atoms with Gasteiger partial charge in [-0.3, -0.25) is 0 Å². The Hall–Kier alpha value is -7.00. The second-order valence-corrected chi connectivity index (χ2v) is 12.0. The van der Waals surface area contributed by atoms with Crippen molar-refractivity contribution in [2.24, 2.45) is 0 Å². The summed E-state index contributed by atoms with van der Waals surface area (Å²) in [4.78, 5) is 10.2. The Kier molecular flexibility index (Phi) is 8.50. The zero-order valence-electron chi connectivity index (χ0n) is 27.2. The van der Waals surface area contributed by atoms with Crippen LogP contribution in [-0.2, 0) is 0 Å². The summed E-state index contributed by atoms with van der Waals surface area (Å²) >= 11 is 0. The van der Waals surface area contributed by atoms with Gasteiger partial charge in [-0.05, 0) is 82.9 Å². The third-order valence-electron chi connectivity index (χ3n) is 8.57. The van der Waals surface area contributed by atoms with Crippen molar-refractivity contribution < 1.29 is 0 Å². The van der Waals surface area contributed by atoms with Crippen molar-refractivity contribution in [2.45, 2.75) is 0 Å². The lowest BCUT2D eigenvalue weighted by Crippen LogP contribution is -1.95. The molecule has 8 rings (SSSR count). The van der Waals surface area contributed by atoms with E-state index in [2.05, 4.69) is 145 Å². The van der Waals surface area contributed by atoms with Crippen LogP contribution in [0, 0.1) is 23.7 Å². The maximum atomic E-state index is 5.08. The molecule has 0 fully saturated rings. The summed E-state index contributed by atoms with van der Waals surface area (Å²) in [5.74, 6) is 13.2. The predicted octanol–water partition coefficient (Wildman–Crippen LogP) is 11.1. The molecule has 0 amide bonds. The highest BCUT2D eigenvalue weighted by Crippen LogP contribution is 2.31. The Bertz CT molecular complexity index is 2350. The van der Waals surface area contributed by atoms with E-state index in [1.54, 1.807) is 0 Å². The highest BCUT2D eigenvalue weighted by Gasteiger charge is 2.13. The fourth-order valence-corrected chi connectivity index (χ4v) is 5.87. The van der Waals surface area contributed by atoms with Crippen molar-refractivity contribution in [1.82, 2.24) is 9.97 Å². The Balaban J connectivity index is 1.04. The van der Waals surface area contributed by atoms with Gasteiger partial charge in [0.1, 0.15) is 0 Å². The second-order valence-electron chi connectivity index (χ2n) is 12.0. The van der Waals surface area contributed by atoms with Gasteiger partial charge in [-0.15, -0.1) is 0 Å². The topological polar surface area (TPSA) is 25.8 Å². The molecule has 0 bridgehead atoms. The van der Waals surface area contributed by atoms with Gasteiger partial charge in [0.2, 0.25) is 0 Å². The van der Waals surface area contributed by atoms with E-state index in [4.69, 9.17) is 9.97 Å². The van der Waals surface area contributed by atoms with Crippen LogP contribution in [0.3, 0.4) is 0 Å². The molecule has 0 spiro atoms. The van der Waals surface area contributed by atoms with Crippen molar-refractivity contribution in [2.75, 3.05) is 0 Å². The summed E-state index contributed by atoms with van der Waals surface area (Å²) in [5.41, 5.74) is 13.9. The average Bonchev–Trinajstić information content (AvgIpc) is 3.20. The van der Waals surface area contributed by atoms with Crippen LogP contribution in [-0.4, -0.2) is 9.97 Å². The molecule has 0 aliphatic carbocycles. The fraction of sp³-hybridized carbons (Fsp3) is 0. The largest absolute Gasteiger partial charge is 0.244 e. The zero-order chi connectivity index (χ0) is 33.5. The standard InChI is InChI=1S/C48H30N2/c1-3-9-39(10-4-1)41-27-19-35(20-28-41)15-17-37-23-31-43(32-24-37)47-48(50-46-14-8-7-13-45(46)49-47)44-33-25-38(26-34-44)18-16-36-21-29-42(30-22-36)40-11-5-2-6-12-40/h1-14,19-34H. The van der Waals surface area contributed by atoms with Gasteiger partial charge in [-0.1, -0.05) is 145 Å². The van der Waals surface area contributed by atoms with E-state index in [-0.39, 0.29) is 0 Å². The lowest BCUT2D eigenvalue weighted by molar-refractivity contribution is 1.29. The molecule has 232 valence electrons. The minimum absolute atomic E-state index is 0.831. The van der Waals surface area contributed by atoms with E-state index >= 15 is 0 Å². The Morgan fingerprint density at radius 3 is 0.820 bits per heavy atom. The van der Waals surface area contributed by atoms with Crippen LogP contribution in [0.2, 0.25) is 0 Å². The maximum Gasteiger partial charge on any atom is 0.0973 e. The lowest BCUT2D eigenvalue weighted by Gasteiger charge is -2.11. The van der Waals surface area contributed by atoms with Crippen LogP contribution >= 0.6 is 0 Å². The van der Waals surface area contributed by atoms with Crippen LogP contribution in [0.5, 0.6) is 0 Å². The van der Waals surface area contributed by atoms with E-state index in [1.807, 2.05) is 60.7 Å². The molecule has 0 saturated carbocycles. The summed E-state index contributed by atoms with van der Waals surface area (Å²) in [6, 6.07) is 62.0. The molecule has 1 heterocycles. The summed E-state index contributed by atoms with van der Waals surface area (Å²) in [5, 5.41) is 0. The number of hydrogen-bond acceptors (Lipinski definition) is 2. The van der Waals surface area contributed by atoms with E-state index in [0.29, 0.717) is 0 Å². The number of aromatic nitrogens is 2. The molecule has 2 nitrogen and oxygen atoms in total. The zero-order valence-corrected chi connectivity index (χ0v) is 27.2. The molecule has 0 aliphatic rings. The van der Waals surface area contributed by atoms with Gasteiger partial charge in [-0.25, -0.2) is 9.97 Å². The van der Waals surface area contributed by atoms with Crippen molar-refractivity contribution in [3.05, 3.63) is 204 Å². The Morgan fingerprint density at radius 2 is 0.500 bits per heavy atom. The highest BCUT2D eigenvalue weighted by atomic mass is 14.8. The van der Waals surface area contributed by atoms with Gasteiger partial charge in [-0.2, -0.15) is 0 Å². The van der Waals surface area contributed by atoms with Gasteiger partial charge in [0, 0.05) is 33.4 Å². The molecule has 2 heteroatoms. The van der Waals surface area contributed by atoms with E-state index < -0.39 is 0 Å². The highest BCUT2D eigenvalue weighted by molar-refractivity contribution is 5.86. The smallest absolute Gasteiger partial charge is 0.0973 e. The normalized spacial score (nSPS) is 10.5. The minimum Gasteiger partial charge on any atom is -0.244 e. The van der Waals surface area contributed by atoms with Crippen molar-refractivity contribution in [1.29, 1.82) is 0 Å². The average molecular weight is 635 g/mol. The van der Waals surface area contributed by atoms with Crippen molar-refractivity contribution in [3.8, 4) is 68.5 Å². The molecule has 7 aromatic carbocycles. The fourth-order valence-electron chi connectivity index (χ4n) is 5.87. The molecule has 0 N–H and O–H groups in total. The lowest BCUT2D eigenvalue weighted by atomic mass is 10.0. The summed E-state index contributed by atoms with van der Waals surface area (Å²) < 4.78 is 0. The quantitative estimate of drug-likeness (QED) is 0.180. The summed E-state index contributed by atoms with van der Waals surface area (Å²) in [6.45, 7) is 0. The van der Waals surface area contributed by atoms with Crippen LogP contribution < -0.4 is 0 Å². The maximum absolute atomic E-state index is 5.08. The van der Waals surface area contributed by atoms with Gasteiger partial charge in [0.15, 0.2) is 0 Å². The number of para-hydroxylation sites is 2. The molecule has 0 unspecified atom stereocenters. The van der Waals surface area contributed by atoms with Gasteiger partial charge >= 0.3 is 0 Å². The van der Waals surface area contributed by atoms with Gasteiger partial charge < -0.3 is 0 Å². The van der Waals surface area contributed by atoms with Crippen LogP contribution in [0.25, 0.3) is 55.8 Å². The Labute approximate surface area is 292 Å². The van der Waals surface area contributed by atoms with Crippen LogP contribution in [0.1, 0.15) is 22.3 Å². The summed E-state index contributed by atoms with van der Waals surface area (Å²) in [7, 11) is 0.